The van der Waals surface area contributed by atoms with Crippen LogP contribution in [-0.2, 0) is 13.0 Å². The monoisotopic (exact) mass is 285 g/mol. The molecule has 0 saturated heterocycles. The second kappa shape index (κ2) is 7.57. The molecule has 2 aromatic heterocycles. The molecular weight excluding hydrogens is 262 g/mol. The Hall–Kier alpha value is -2.17. The Balaban J connectivity index is 2.20. The number of rotatable bonds is 7. The predicted octanol–water partition coefficient (Wildman–Crippen LogP) is 3.18. The molecule has 0 spiro atoms. The van der Waals surface area contributed by atoms with Crippen LogP contribution in [0.1, 0.15) is 37.2 Å². The van der Waals surface area contributed by atoms with Crippen molar-refractivity contribution in [3.8, 4) is 0 Å². The van der Waals surface area contributed by atoms with Crippen molar-refractivity contribution in [2.75, 3.05) is 17.2 Å². The van der Waals surface area contributed by atoms with E-state index in [2.05, 4.69) is 39.4 Å². The highest BCUT2D eigenvalue weighted by Crippen LogP contribution is 2.21. The highest BCUT2D eigenvalue weighted by atomic mass is 15.1. The summed E-state index contributed by atoms with van der Waals surface area (Å²) in [6.45, 7) is 7.85. The Labute approximate surface area is 126 Å². The summed E-state index contributed by atoms with van der Waals surface area (Å²) in [4.78, 5) is 13.3. The molecule has 2 N–H and O–H groups in total. The van der Waals surface area contributed by atoms with E-state index in [-0.39, 0.29) is 0 Å². The van der Waals surface area contributed by atoms with Crippen LogP contribution in [0.3, 0.4) is 0 Å². The summed E-state index contributed by atoms with van der Waals surface area (Å²) in [5, 5.41) is 6.72. The number of pyridine rings is 1. The van der Waals surface area contributed by atoms with Crippen LogP contribution >= 0.6 is 0 Å². The van der Waals surface area contributed by atoms with Crippen molar-refractivity contribution in [2.24, 2.45) is 0 Å². The van der Waals surface area contributed by atoms with Gasteiger partial charge in [0.25, 0.3) is 0 Å². The first-order valence-electron chi connectivity index (χ1n) is 7.48. The molecule has 112 valence electrons. The highest BCUT2D eigenvalue weighted by Gasteiger charge is 2.10. The van der Waals surface area contributed by atoms with Crippen molar-refractivity contribution in [3.63, 3.8) is 0 Å². The lowest BCUT2D eigenvalue weighted by Crippen LogP contribution is -2.11. The number of aryl methyl sites for hydroxylation is 1. The zero-order valence-electron chi connectivity index (χ0n) is 13.0. The summed E-state index contributed by atoms with van der Waals surface area (Å²) in [7, 11) is 0. The molecule has 5 heteroatoms. The minimum atomic E-state index is 0.734. The van der Waals surface area contributed by atoms with E-state index in [4.69, 9.17) is 0 Å². The van der Waals surface area contributed by atoms with Crippen LogP contribution in [0.5, 0.6) is 0 Å². The minimum absolute atomic E-state index is 0.734. The van der Waals surface area contributed by atoms with Crippen molar-refractivity contribution in [1.29, 1.82) is 0 Å². The summed E-state index contributed by atoms with van der Waals surface area (Å²) in [5.74, 6) is 2.71. The van der Waals surface area contributed by atoms with Crippen LogP contribution in [-0.4, -0.2) is 21.5 Å². The molecule has 2 aromatic rings. The second-order valence-electron chi connectivity index (χ2n) is 4.95. The zero-order valence-corrected chi connectivity index (χ0v) is 13.0. The van der Waals surface area contributed by atoms with Gasteiger partial charge >= 0.3 is 0 Å². The van der Waals surface area contributed by atoms with Gasteiger partial charge in [-0.2, -0.15) is 0 Å². The highest BCUT2D eigenvalue weighted by molar-refractivity contribution is 5.57. The molecule has 0 aliphatic heterocycles. The zero-order chi connectivity index (χ0) is 15.1. The SMILES string of the molecule is CCCc1nc(NCC)c(C)c(NCc2ccncc2)n1. The maximum Gasteiger partial charge on any atom is 0.135 e. The fraction of sp³-hybridized carbons (Fsp3) is 0.438. The fourth-order valence-corrected chi connectivity index (χ4v) is 2.10. The summed E-state index contributed by atoms with van der Waals surface area (Å²) in [6, 6.07) is 4.00. The molecule has 0 fully saturated rings. The van der Waals surface area contributed by atoms with Crippen molar-refractivity contribution in [3.05, 3.63) is 41.5 Å². The molecule has 21 heavy (non-hydrogen) atoms. The maximum atomic E-state index is 4.64. The summed E-state index contributed by atoms with van der Waals surface area (Å²) < 4.78 is 0. The van der Waals surface area contributed by atoms with E-state index < -0.39 is 0 Å². The normalized spacial score (nSPS) is 10.4. The summed E-state index contributed by atoms with van der Waals surface area (Å²) in [6.07, 6.45) is 5.54. The van der Waals surface area contributed by atoms with E-state index in [0.29, 0.717) is 0 Å². The van der Waals surface area contributed by atoms with Gasteiger partial charge in [-0.05, 0) is 38.0 Å². The van der Waals surface area contributed by atoms with E-state index >= 15 is 0 Å². The number of nitrogens with zero attached hydrogens (tertiary/aromatic N) is 3. The number of aromatic nitrogens is 3. The van der Waals surface area contributed by atoms with Crippen LogP contribution in [0, 0.1) is 6.92 Å². The molecule has 0 aliphatic carbocycles. The first kappa shape index (κ1) is 15.2. The largest absolute Gasteiger partial charge is 0.370 e. The number of nitrogens with one attached hydrogen (secondary N) is 2. The van der Waals surface area contributed by atoms with Gasteiger partial charge in [-0.15, -0.1) is 0 Å². The van der Waals surface area contributed by atoms with Crippen molar-refractivity contribution in [2.45, 2.75) is 40.2 Å². The summed E-state index contributed by atoms with van der Waals surface area (Å²) >= 11 is 0. The van der Waals surface area contributed by atoms with Crippen LogP contribution in [0.15, 0.2) is 24.5 Å². The van der Waals surface area contributed by atoms with Crippen molar-refractivity contribution < 1.29 is 0 Å². The van der Waals surface area contributed by atoms with Gasteiger partial charge in [-0.25, -0.2) is 9.97 Å². The van der Waals surface area contributed by atoms with Crippen LogP contribution < -0.4 is 10.6 Å². The average Bonchev–Trinajstić information content (AvgIpc) is 2.50. The Morgan fingerprint density at radius 2 is 1.67 bits per heavy atom. The van der Waals surface area contributed by atoms with Gasteiger partial charge in [0, 0.05) is 37.5 Å². The molecule has 0 bridgehead atoms. The quantitative estimate of drug-likeness (QED) is 0.818. The smallest absolute Gasteiger partial charge is 0.135 e. The molecule has 0 amide bonds. The molecule has 2 rings (SSSR count). The van der Waals surface area contributed by atoms with Gasteiger partial charge in [0.05, 0.1) is 0 Å². The Bertz CT molecular complexity index is 568. The lowest BCUT2D eigenvalue weighted by atomic mass is 10.2. The van der Waals surface area contributed by atoms with Crippen LogP contribution in [0.4, 0.5) is 11.6 Å². The topological polar surface area (TPSA) is 62.7 Å². The molecule has 0 atom stereocenters. The number of hydrogen-bond donors (Lipinski definition) is 2. The van der Waals surface area contributed by atoms with Crippen LogP contribution in [0.25, 0.3) is 0 Å². The van der Waals surface area contributed by atoms with Gasteiger partial charge in [-0.3, -0.25) is 4.98 Å². The molecule has 0 aliphatic rings. The molecule has 0 aromatic carbocycles. The number of hydrogen-bond acceptors (Lipinski definition) is 5. The van der Waals surface area contributed by atoms with Gasteiger partial charge in [-0.1, -0.05) is 6.92 Å². The van der Waals surface area contributed by atoms with E-state index in [9.17, 15) is 0 Å². The van der Waals surface area contributed by atoms with Crippen molar-refractivity contribution >= 4 is 11.6 Å². The minimum Gasteiger partial charge on any atom is -0.370 e. The predicted molar refractivity (Wildman–Crippen MR) is 86.5 cm³/mol. The van der Waals surface area contributed by atoms with Gasteiger partial charge in [0.15, 0.2) is 0 Å². The molecule has 0 unspecified atom stereocenters. The Morgan fingerprint density at radius 1 is 1.00 bits per heavy atom. The fourth-order valence-electron chi connectivity index (χ4n) is 2.10. The lowest BCUT2D eigenvalue weighted by molar-refractivity contribution is 0.830. The third-order valence-electron chi connectivity index (χ3n) is 3.22. The van der Waals surface area contributed by atoms with E-state index in [1.54, 1.807) is 12.4 Å². The first-order valence-corrected chi connectivity index (χ1v) is 7.48. The van der Waals surface area contributed by atoms with Crippen LogP contribution in [0.2, 0.25) is 0 Å². The molecule has 0 radical (unpaired) electrons. The second-order valence-corrected chi connectivity index (χ2v) is 4.95. The average molecular weight is 285 g/mol. The Kier molecular flexibility index (Phi) is 5.49. The van der Waals surface area contributed by atoms with Crippen molar-refractivity contribution in [1.82, 2.24) is 15.0 Å². The van der Waals surface area contributed by atoms with E-state index in [1.807, 2.05) is 19.1 Å². The standard InChI is InChI=1S/C16H23N5/c1-4-6-14-20-15(18-5-2)12(3)16(21-14)19-11-13-7-9-17-10-8-13/h7-10H,4-6,11H2,1-3H3,(H2,18,19,20,21). The number of anilines is 2. The van der Waals surface area contributed by atoms with E-state index in [1.165, 1.54) is 5.56 Å². The third-order valence-corrected chi connectivity index (χ3v) is 3.22. The van der Waals surface area contributed by atoms with Gasteiger partial charge < -0.3 is 10.6 Å². The van der Waals surface area contributed by atoms with Gasteiger partial charge in [0.1, 0.15) is 17.5 Å². The lowest BCUT2D eigenvalue weighted by Gasteiger charge is -2.14. The molecular formula is C16H23N5. The van der Waals surface area contributed by atoms with Gasteiger partial charge in [0.2, 0.25) is 0 Å². The molecule has 0 saturated carbocycles. The third kappa shape index (κ3) is 4.15. The molecule has 5 nitrogen and oxygen atoms in total. The first-order chi connectivity index (χ1) is 10.2. The Morgan fingerprint density at radius 3 is 2.29 bits per heavy atom. The summed E-state index contributed by atoms with van der Waals surface area (Å²) in [5.41, 5.74) is 2.25. The van der Waals surface area contributed by atoms with E-state index in [0.717, 1.165) is 49.0 Å². The molecule has 2 heterocycles. The maximum absolute atomic E-state index is 4.64.